The average Bonchev–Trinajstić information content (AvgIpc) is 3.39. The van der Waals surface area contributed by atoms with Crippen molar-refractivity contribution >= 4 is 23.4 Å². The first-order valence-electron chi connectivity index (χ1n) is 11.1. The number of benzene rings is 2. The Hall–Kier alpha value is -3.42. The average molecular weight is 454 g/mol. The lowest BCUT2D eigenvalue weighted by molar-refractivity contribution is -0.129. The van der Waals surface area contributed by atoms with Crippen molar-refractivity contribution in [3.05, 3.63) is 58.9 Å². The van der Waals surface area contributed by atoms with Gasteiger partial charge in [0, 0.05) is 25.1 Å². The number of halogens is 1. The predicted octanol–water partition coefficient (Wildman–Crippen LogP) is 2.99. The summed E-state index contributed by atoms with van der Waals surface area (Å²) in [7, 11) is 0. The number of nitrogens with one attached hydrogen (secondary N) is 3. The van der Waals surface area contributed by atoms with Crippen molar-refractivity contribution in [3.8, 4) is 5.75 Å². The van der Waals surface area contributed by atoms with Gasteiger partial charge in [0.25, 0.3) is 5.91 Å². The monoisotopic (exact) mass is 453 g/mol. The quantitative estimate of drug-likeness (QED) is 0.649. The van der Waals surface area contributed by atoms with Gasteiger partial charge >= 0.3 is 0 Å². The third kappa shape index (κ3) is 4.99. The maximum Gasteiger partial charge on any atom is 0.251 e. The van der Waals surface area contributed by atoms with E-state index in [0.29, 0.717) is 29.8 Å². The minimum atomic E-state index is -1.01. The van der Waals surface area contributed by atoms with E-state index in [2.05, 4.69) is 16.0 Å². The standard InChI is InChI=1S/C25H28FN3O4/c1-25(2,3)18-6-5-17(12-19(18)26)28-24(32)22(29-23(31)16-11-21(30)27-13-16)15-4-7-20-14(10-15)8-9-33-20/h4-7,10,12,16,22H,8-9,11,13H2,1-3H3,(H,27,30)(H,28,32)(H,29,31)/t16-,22+/m0/s1. The van der Waals surface area contributed by atoms with E-state index in [1.165, 1.54) is 6.07 Å². The zero-order valence-corrected chi connectivity index (χ0v) is 19.0. The van der Waals surface area contributed by atoms with Gasteiger partial charge in [-0.3, -0.25) is 14.4 Å². The van der Waals surface area contributed by atoms with Crippen molar-refractivity contribution in [1.82, 2.24) is 10.6 Å². The van der Waals surface area contributed by atoms with Crippen molar-refractivity contribution in [2.75, 3.05) is 18.5 Å². The van der Waals surface area contributed by atoms with E-state index in [1.807, 2.05) is 26.8 Å². The number of carbonyl (C=O) groups is 3. The van der Waals surface area contributed by atoms with Crippen LogP contribution in [0, 0.1) is 11.7 Å². The maximum atomic E-state index is 14.6. The molecule has 0 unspecified atom stereocenters. The molecule has 3 amide bonds. The first kappa shape index (κ1) is 22.8. The minimum absolute atomic E-state index is 0.0810. The number of amides is 3. The molecule has 0 aromatic heterocycles. The fraction of sp³-hybridized carbons (Fsp3) is 0.400. The van der Waals surface area contributed by atoms with Crippen molar-refractivity contribution in [1.29, 1.82) is 0 Å². The summed E-state index contributed by atoms with van der Waals surface area (Å²) in [5.74, 6) is -1.28. The molecular formula is C25H28FN3O4. The largest absolute Gasteiger partial charge is 0.493 e. The summed E-state index contributed by atoms with van der Waals surface area (Å²) in [5.41, 5.74) is 2.02. The molecule has 1 saturated heterocycles. The lowest BCUT2D eigenvalue weighted by Gasteiger charge is -2.22. The Labute approximate surface area is 192 Å². The highest BCUT2D eigenvalue weighted by Crippen LogP contribution is 2.30. The van der Waals surface area contributed by atoms with E-state index in [4.69, 9.17) is 4.74 Å². The summed E-state index contributed by atoms with van der Waals surface area (Å²) < 4.78 is 20.2. The second-order valence-corrected chi connectivity index (χ2v) is 9.55. The molecule has 0 radical (unpaired) electrons. The fourth-order valence-electron chi connectivity index (χ4n) is 4.15. The van der Waals surface area contributed by atoms with Gasteiger partial charge in [-0.1, -0.05) is 32.9 Å². The molecule has 0 bridgehead atoms. The van der Waals surface area contributed by atoms with Crippen LogP contribution in [0.5, 0.6) is 5.75 Å². The van der Waals surface area contributed by atoms with Crippen LogP contribution in [0.25, 0.3) is 0 Å². The Morgan fingerprint density at radius 3 is 2.64 bits per heavy atom. The van der Waals surface area contributed by atoms with Crippen LogP contribution >= 0.6 is 0 Å². The van der Waals surface area contributed by atoms with E-state index < -0.39 is 23.7 Å². The second kappa shape index (κ2) is 8.84. The van der Waals surface area contributed by atoms with E-state index in [9.17, 15) is 18.8 Å². The summed E-state index contributed by atoms with van der Waals surface area (Å²) in [6.45, 7) is 6.54. The van der Waals surface area contributed by atoms with Gasteiger partial charge in [0.05, 0.1) is 12.5 Å². The molecule has 174 valence electrons. The number of hydrogen-bond donors (Lipinski definition) is 3. The van der Waals surface area contributed by atoms with Crippen molar-refractivity contribution < 1.29 is 23.5 Å². The number of rotatable bonds is 5. The lowest BCUT2D eigenvalue weighted by Crippen LogP contribution is -2.40. The molecule has 2 aliphatic rings. The lowest BCUT2D eigenvalue weighted by atomic mass is 9.86. The van der Waals surface area contributed by atoms with Gasteiger partial charge < -0.3 is 20.7 Å². The van der Waals surface area contributed by atoms with Gasteiger partial charge in [-0.15, -0.1) is 0 Å². The van der Waals surface area contributed by atoms with Crippen LogP contribution in [0.1, 0.15) is 49.9 Å². The highest BCUT2D eigenvalue weighted by atomic mass is 19.1. The molecule has 3 N–H and O–H groups in total. The SMILES string of the molecule is CC(C)(C)c1ccc(NC(=O)[C@H](NC(=O)[C@@H]2CNC(=O)C2)c2ccc3c(c2)CCO3)cc1F. The van der Waals surface area contributed by atoms with Crippen molar-refractivity contribution in [2.24, 2.45) is 5.92 Å². The summed E-state index contributed by atoms with van der Waals surface area (Å²) in [6.07, 6.45) is 0.795. The number of ether oxygens (including phenoxy) is 1. The van der Waals surface area contributed by atoms with Crippen LogP contribution < -0.4 is 20.7 Å². The van der Waals surface area contributed by atoms with Gasteiger partial charge in [-0.05, 0) is 46.4 Å². The molecule has 2 aliphatic heterocycles. The van der Waals surface area contributed by atoms with Crippen LogP contribution in [0.3, 0.4) is 0 Å². The zero-order chi connectivity index (χ0) is 23.8. The summed E-state index contributed by atoms with van der Waals surface area (Å²) in [4.78, 5) is 37.6. The molecule has 0 saturated carbocycles. The topological polar surface area (TPSA) is 96.5 Å². The van der Waals surface area contributed by atoms with Crippen LogP contribution in [0.2, 0.25) is 0 Å². The van der Waals surface area contributed by atoms with Gasteiger partial charge in [0.1, 0.15) is 17.6 Å². The Balaban J connectivity index is 1.58. The van der Waals surface area contributed by atoms with Crippen LogP contribution in [0.15, 0.2) is 36.4 Å². The molecule has 4 rings (SSSR count). The Bertz CT molecular complexity index is 1110. The maximum absolute atomic E-state index is 14.6. The van der Waals surface area contributed by atoms with E-state index in [-0.39, 0.29) is 30.2 Å². The Kier molecular flexibility index (Phi) is 6.10. The summed E-state index contributed by atoms with van der Waals surface area (Å²) in [6, 6.07) is 8.93. The van der Waals surface area contributed by atoms with Gasteiger partial charge in [-0.2, -0.15) is 0 Å². The van der Waals surface area contributed by atoms with Crippen LogP contribution in [-0.4, -0.2) is 30.9 Å². The third-order valence-electron chi connectivity index (χ3n) is 5.99. The van der Waals surface area contributed by atoms with E-state index in [0.717, 1.165) is 11.3 Å². The number of carbonyl (C=O) groups excluding carboxylic acids is 3. The molecule has 8 heteroatoms. The van der Waals surface area contributed by atoms with Crippen molar-refractivity contribution in [2.45, 2.75) is 45.1 Å². The van der Waals surface area contributed by atoms with E-state index in [1.54, 1.807) is 24.3 Å². The van der Waals surface area contributed by atoms with Gasteiger partial charge in [-0.25, -0.2) is 4.39 Å². The molecule has 2 aromatic rings. The first-order valence-corrected chi connectivity index (χ1v) is 11.1. The van der Waals surface area contributed by atoms with Crippen molar-refractivity contribution in [3.63, 3.8) is 0 Å². The van der Waals surface area contributed by atoms with E-state index >= 15 is 0 Å². The first-order chi connectivity index (χ1) is 15.6. The summed E-state index contributed by atoms with van der Waals surface area (Å²) in [5, 5.41) is 8.14. The minimum Gasteiger partial charge on any atom is -0.493 e. The number of hydrogen-bond acceptors (Lipinski definition) is 4. The molecule has 1 fully saturated rings. The molecule has 2 heterocycles. The molecular weight excluding hydrogens is 425 g/mol. The molecule has 33 heavy (non-hydrogen) atoms. The second-order valence-electron chi connectivity index (χ2n) is 9.55. The highest BCUT2D eigenvalue weighted by molar-refractivity contribution is 5.99. The smallest absolute Gasteiger partial charge is 0.251 e. The fourth-order valence-corrected chi connectivity index (χ4v) is 4.15. The Morgan fingerprint density at radius 1 is 1.18 bits per heavy atom. The zero-order valence-electron chi connectivity index (χ0n) is 19.0. The molecule has 2 atom stereocenters. The van der Waals surface area contributed by atoms with Gasteiger partial charge in [0.15, 0.2) is 0 Å². The highest BCUT2D eigenvalue weighted by Gasteiger charge is 2.32. The number of anilines is 1. The molecule has 7 nitrogen and oxygen atoms in total. The molecule has 0 spiro atoms. The predicted molar refractivity (Wildman–Crippen MR) is 121 cm³/mol. The molecule has 0 aliphatic carbocycles. The van der Waals surface area contributed by atoms with Crippen LogP contribution in [-0.2, 0) is 26.2 Å². The Morgan fingerprint density at radius 2 is 1.97 bits per heavy atom. The van der Waals surface area contributed by atoms with Crippen LogP contribution in [0.4, 0.5) is 10.1 Å². The summed E-state index contributed by atoms with van der Waals surface area (Å²) >= 11 is 0. The van der Waals surface area contributed by atoms with Gasteiger partial charge in [0.2, 0.25) is 11.8 Å². The third-order valence-corrected chi connectivity index (χ3v) is 5.99. The molecule has 2 aromatic carbocycles. The normalized spacial score (nSPS) is 18.2. The number of fused-ring (bicyclic) bond motifs is 1.